The van der Waals surface area contributed by atoms with Crippen LogP contribution in [0.15, 0.2) is 12.7 Å². The average Bonchev–Trinajstić information content (AvgIpc) is 2.39. The maximum absolute atomic E-state index is 9.40. The van der Waals surface area contributed by atoms with Gasteiger partial charge < -0.3 is 24.1 Å². The molecule has 0 spiro atoms. The van der Waals surface area contributed by atoms with Gasteiger partial charge in [-0.05, 0) is 26.7 Å². The molecule has 0 unspecified atom stereocenters. The Balaban J connectivity index is 2.90. The summed E-state index contributed by atoms with van der Waals surface area (Å²) in [4.78, 5) is 0. The molecule has 0 saturated carbocycles. The Morgan fingerprint density at radius 1 is 1.17 bits per heavy atom. The Hall–Kier alpha value is -0.460. The topological polar surface area (TPSA) is 57.2 Å². The normalized spacial score (nSPS) is 40.7. The molecule has 1 aliphatic rings. The van der Waals surface area contributed by atoms with E-state index >= 15 is 0 Å². The molecule has 18 heavy (non-hydrogen) atoms. The van der Waals surface area contributed by atoms with Gasteiger partial charge in [0.1, 0.15) is 6.10 Å². The fourth-order valence-electron chi connectivity index (χ4n) is 2.09. The van der Waals surface area contributed by atoms with E-state index in [-0.39, 0.29) is 12.7 Å². The van der Waals surface area contributed by atoms with Crippen molar-refractivity contribution in [3.8, 4) is 0 Å². The standard InChI is InChI=1S/C13H24O5/c1-6-7-8-10-11(9-14)18-13(3,16-5)12(2,15-4)17-10/h6,10-11,14H,1,7-9H2,2-5H3/t10-,11-,12+,13+/m1/s1. The summed E-state index contributed by atoms with van der Waals surface area (Å²) in [5, 5.41) is 9.40. The molecule has 1 N–H and O–H groups in total. The number of rotatable bonds is 6. The Bertz CT molecular complexity index is 283. The summed E-state index contributed by atoms with van der Waals surface area (Å²) in [5.74, 6) is -2.07. The highest BCUT2D eigenvalue weighted by atomic mass is 16.8. The van der Waals surface area contributed by atoms with Gasteiger partial charge in [-0.1, -0.05) is 6.08 Å². The third kappa shape index (κ3) is 2.75. The van der Waals surface area contributed by atoms with Crippen LogP contribution in [0.3, 0.4) is 0 Å². The van der Waals surface area contributed by atoms with Crippen molar-refractivity contribution in [3.63, 3.8) is 0 Å². The molecular formula is C13H24O5. The molecule has 1 heterocycles. The zero-order valence-electron chi connectivity index (χ0n) is 11.6. The lowest BCUT2D eigenvalue weighted by Crippen LogP contribution is -2.65. The Morgan fingerprint density at radius 3 is 2.06 bits per heavy atom. The molecule has 5 heteroatoms. The minimum Gasteiger partial charge on any atom is -0.394 e. The lowest BCUT2D eigenvalue weighted by atomic mass is 10.0. The van der Waals surface area contributed by atoms with Crippen molar-refractivity contribution >= 4 is 0 Å². The predicted octanol–water partition coefficient (Wildman–Crippen LogP) is 1.45. The van der Waals surface area contributed by atoms with Gasteiger partial charge in [0.15, 0.2) is 0 Å². The second-order valence-corrected chi connectivity index (χ2v) is 4.66. The summed E-state index contributed by atoms with van der Waals surface area (Å²) in [7, 11) is 3.07. The van der Waals surface area contributed by atoms with Crippen molar-refractivity contribution in [1.82, 2.24) is 0 Å². The fourth-order valence-corrected chi connectivity index (χ4v) is 2.09. The van der Waals surface area contributed by atoms with Gasteiger partial charge in [-0.2, -0.15) is 0 Å². The second-order valence-electron chi connectivity index (χ2n) is 4.66. The van der Waals surface area contributed by atoms with Crippen molar-refractivity contribution in [3.05, 3.63) is 12.7 Å². The van der Waals surface area contributed by atoms with E-state index in [2.05, 4.69) is 6.58 Å². The molecule has 0 radical (unpaired) electrons. The molecule has 4 atom stereocenters. The van der Waals surface area contributed by atoms with Crippen LogP contribution in [0.4, 0.5) is 0 Å². The average molecular weight is 260 g/mol. The Labute approximate surface area is 109 Å². The van der Waals surface area contributed by atoms with E-state index in [0.717, 1.165) is 6.42 Å². The third-order valence-corrected chi connectivity index (χ3v) is 3.61. The minimum atomic E-state index is -1.06. The minimum absolute atomic E-state index is 0.124. The molecule has 1 rings (SSSR count). The first kappa shape index (κ1) is 15.6. The Morgan fingerprint density at radius 2 is 1.67 bits per heavy atom. The zero-order valence-corrected chi connectivity index (χ0v) is 11.6. The summed E-state index contributed by atoms with van der Waals surface area (Å²) in [6.45, 7) is 7.07. The van der Waals surface area contributed by atoms with Crippen molar-refractivity contribution in [2.75, 3.05) is 20.8 Å². The van der Waals surface area contributed by atoms with Gasteiger partial charge in [0.25, 0.3) is 0 Å². The first-order valence-electron chi connectivity index (χ1n) is 6.14. The first-order chi connectivity index (χ1) is 8.46. The molecular weight excluding hydrogens is 236 g/mol. The van der Waals surface area contributed by atoms with Crippen molar-refractivity contribution in [2.24, 2.45) is 0 Å². The molecule has 0 bridgehead atoms. The van der Waals surface area contributed by atoms with E-state index < -0.39 is 17.7 Å². The number of methoxy groups -OCH3 is 2. The van der Waals surface area contributed by atoms with Gasteiger partial charge in [-0.15, -0.1) is 6.58 Å². The maximum atomic E-state index is 9.40. The molecule has 5 nitrogen and oxygen atoms in total. The van der Waals surface area contributed by atoms with Gasteiger partial charge in [0.05, 0.1) is 12.7 Å². The molecule has 0 aliphatic carbocycles. The molecule has 1 saturated heterocycles. The van der Waals surface area contributed by atoms with Gasteiger partial charge in [0.2, 0.25) is 11.6 Å². The molecule has 106 valence electrons. The number of hydrogen-bond acceptors (Lipinski definition) is 5. The van der Waals surface area contributed by atoms with E-state index in [1.165, 1.54) is 7.11 Å². The number of ether oxygens (including phenoxy) is 4. The van der Waals surface area contributed by atoms with Crippen molar-refractivity contribution in [1.29, 1.82) is 0 Å². The largest absolute Gasteiger partial charge is 0.394 e. The van der Waals surface area contributed by atoms with Crippen LogP contribution in [0.25, 0.3) is 0 Å². The predicted molar refractivity (Wildman–Crippen MR) is 67.1 cm³/mol. The first-order valence-corrected chi connectivity index (χ1v) is 6.14. The van der Waals surface area contributed by atoms with E-state index in [1.54, 1.807) is 21.0 Å². The van der Waals surface area contributed by atoms with E-state index in [1.807, 2.05) is 6.08 Å². The molecule has 0 aromatic rings. The van der Waals surface area contributed by atoms with Crippen LogP contribution in [-0.4, -0.2) is 49.7 Å². The monoisotopic (exact) mass is 260 g/mol. The SMILES string of the molecule is C=CCC[C@H]1O[C@](C)(OC)[C@@](C)(OC)O[C@@H]1CO. The molecule has 0 aromatic carbocycles. The summed E-state index contributed by atoms with van der Waals surface area (Å²) in [6.07, 6.45) is 2.63. The quantitative estimate of drug-likeness (QED) is 0.733. The summed E-state index contributed by atoms with van der Waals surface area (Å²) in [6, 6.07) is 0. The van der Waals surface area contributed by atoms with Crippen LogP contribution in [0.5, 0.6) is 0 Å². The summed E-state index contributed by atoms with van der Waals surface area (Å²) in [5.41, 5.74) is 0. The highest BCUT2D eigenvalue weighted by Gasteiger charge is 2.56. The van der Waals surface area contributed by atoms with E-state index in [0.29, 0.717) is 6.42 Å². The number of hydrogen-bond donors (Lipinski definition) is 1. The van der Waals surface area contributed by atoms with Gasteiger partial charge >= 0.3 is 0 Å². The van der Waals surface area contributed by atoms with Crippen LogP contribution in [0, 0.1) is 0 Å². The van der Waals surface area contributed by atoms with Crippen molar-refractivity contribution < 1.29 is 24.1 Å². The highest BCUT2D eigenvalue weighted by molar-refractivity contribution is 4.91. The summed E-state index contributed by atoms with van der Waals surface area (Å²) >= 11 is 0. The number of aliphatic hydroxyl groups excluding tert-OH is 1. The van der Waals surface area contributed by atoms with Crippen LogP contribution < -0.4 is 0 Å². The van der Waals surface area contributed by atoms with Crippen LogP contribution >= 0.6 is 0 Å². The summed E-state index contributed by atoms with van der Waals surface area (Å²) < 4.78 is 22.6. The molecule has 1 aliphatic heterocycles. The van der Waals surface area contributed by atoms with Crippen LogP contribution in [0.1, 0.15) is 26.7 Å². The van der Waals surface area contributed by atoms with Crippen molar-refractivity contribution in [2.45, 2.75) is 50.5 Å². The number of aliphatic hydroxyl groups is 1. The van der Waals surface area contributed by atoms with Crippen LogP contribution in [-0.2, 0) is 18.9 Å². The highest BCUT2D eigenvalue weighted by Crippen LogP contribution is 2.39. The lowest BCUT2D eigenvalue weighted by Gasteiger charge is -2.51. The van der Waals surface area contributed by atoms with E-state index in [9.17, 15) is 5.11 Å². The van der Waals surface area contributed by atoms with Gasteiger partial charge in [-0.3, -0.25) is 0 Å². The van der Waals surface area contributed by atoms with Gasteiger partial charge in [-0.25, -0.2) is 0 Å². The molecule has 0 amide bonds. The molecule has 1 fully saturated rings. The van der Waals surface area contributed by atoms with Crippen LogP contribution in [0.2, 0.25) is 0 Å². The maximum Gasteiger partial charge on any atom is 0.220 e. The zero-order chi connectivity index (χ0) is 13.8. The molecule has 0 aromatic heterocycles. The third-order valence-electron chi connectivity index (χ3n) is 3.61. The second kappa shape index (κ2) is 6.12. The van der Waals surface area contributed by atoms with E-state index in [4.69, 9.17) is 18.9 Å². The smallest absolute Gasteiger partial charge is 0.220 e. The fraction of sp³-hybridized carbons (Fsp3) is 0.846. The number of allylic oxidation sites excluding steroid dienone is 1. The van der Waals surface area contributed by atoms with Gasteiger partial charge in [0, 0.05) is 14.2 Å². The Kier molecular flexibility index (Phi) is 5.31. The lowest BCUT2D eigenvalue weighted by molar-refractivity contribution is -0.450.